The number of aromatic nitrogens is 2. The predicted molar refractivity (Wildman–Crippen MR) is 62.3 cm³/mol. The molecule has 0 radical (unpaired) electrons. The van der Waals surface area contributed by atoms with Crippen LogP contribution in [-0.2, 0) is 0 Å². The maximum Gasteiger partial charge on any atom is 0.127 e. The molecular weight excluding hydrogens is 200 g/mol. The number of rotatable bonds is 1. The lowest BCUT2D eigenvalue weighted by Crippen LogP contribution is -2.05. The van der Waals surface area contributed by atoms with Gasteiger partial charge in [-0.3, -0.25) is 0 Å². The lowest BCUT2D eigenvalue weighted by atomic mass is 9.98. The van der Waals surface area contributed by atoms with E-state index in [0.717, 1.165) is 17.0 Å². The molecule has 0 amide bonds. The maximum absolute atomic E-state index is 5.60. The Morgan fingerprint density at radius 2 is 2.31 bits per heavy atom. The predicted octanol–water partition coefficient (Wildman–Crippen LogP) is 2.54. The molecule has 2 aromatic rings. The number of H-pyrrole nitrogens is 1. The lowest BCUT2D eigenvalue weighted by molar-refractivity contribution is 0.357. The Morgan fingerprint density at radius 1 is 1.38 bits per heavy atom. The van der Waals surface area contributed by atoms with E-state index in [4.69, 9.17) is 4.74 Å². The zero-order chi connectivity index (χ0) is 11.0. The summed E-state index contributed by atoms with van der Waals surface area (Å²) in [6, 6.07) is 6.23. The fourth-order valence-corrected chi connectivity index (χ4v) is 1.96. The van der Waals surface area contributed by atoms with Crippen LogP contribution in [0.25, 0.3) is 5.57 Å². The highest BCUT2D eigenvalue weighted by molar-refractivity contribution is 5.82. The molecule has 0 atom stereocenters. The van der Waals surface area contributed by atoms with Gasteiger partial charge in [0.2, 0.25) is 0 Å². The third kappa shape index (κ3) is 1.41. The fraction of sp³-hybridized carbons (Fsp3) is 0.154. The van der Waals surface area contributed by atoms with Gasteiger partial charge < -0.3 is 9.72 Å². The van der Waals surface area contributed by atoms with Crippen molar-refractivity contribution >= 4 is 5.57 Å². The highest BCUT2D eigenvalue weighted by Crippen LogP contribution is 2.33. The number of nitrogens with one attached hydrogen (secondary N) is 1. The van der Waals surface area contributed by atoms with Crippen LogP contribution in [0.4, 0.5) is 0 Å². The van der Waals surface area contributed by atoms with Gasteiger partial charge >= 0.3 is 0 Å². The minimum absolute atomic E-state index is 0.615. The molecule has 0 fully saturated rings. The Morgan fingerprint density at radius 3 is 3.12 bits per heavy atom. The molecule has 0 saturated heterocycles. The molecule has 3 heteroatoms. The van der Waals surface area contributed by atoms with Crippen LogP contribution in [0, 0.1) is 6.92 Å². The quantitative estimate of drug-likeness (QED) is 0.788. The molecule has 0 bridgehead atoms. The number of ether oxygens (including phenoxy) is 1. The number of hydrogen-bond acceptors (Lipinski definition) is 2. The summed E-state index contributed by atoms with van der Waals surface area (Å²) in [6.07, 6.45) is 5.61. The van der Waals surface area contributed by atoms with Crippen LogP contribution in [0.5, 0.6) is 5.75 Å². The van der Waals surface area contributed by atoms with Gasteiger partial charge in [0.25, 0.3) is 0 Å². The molecule has 1 aromatic heterocycles. The van der Waals surface area contributed by atoms with Crippen molar-refractivity contribution in [3.63, 3.8) is 0 Å². The Hall–Kier alpha value is -2.03. The lowest BCUT2D eigenvalue weighted by Gasteiger charge is -2.18. The molecular formula is C13H12N2O. The molecule has 0 unspecified atom stereocenters. The van der Waals surface area contributed by atoms with Crippen molar-refractivity contribution in [1.82, 2.24) is 9.97 Å². The van der Waals surface area contributed by atoms with Gasteiger partial charge in [0.15, 0.2) is 0 Å². The number of hydrogen-bond donors (Lipinski definition) is 1. The van der Waals surface area contributed by atoms with Crippen molar-refractivity contribution < 1.29 is 4.74 Å². The van der Waals surface area contributed by atoms with Gasteiger partial charge in [-0.1, -0.05) is 11.6 Å². The van der Waals surface area contributed by atoms with E-state index in [1.54, 1.807) is 6.33 Å². The number of benzene rings is 1. The highest BCUT2D eigenvalue weighted by atomic mass is 16.5. The summed E-state index contributed by atoms with van der Waals surface area (Å²) in [6.45, 7) is 2.70. The Bertz CT molecular complexity index is 541. The van der Waals surface area contributed by atoms with Gasteiger partial charge in [-0.2, -0.15) is 0 Å². The van der Waals surface area contributed by atoms with Crippen LogP contribution in [0.2, 0.25) is 0 Å². The van der Waals surface area contributed by atoms with E-state index in [1.165, 1.54) is 11.1 Å². The molecule has 0 spiro atoms. The molecule has 3 rings (SSSR count). The largest absolute Gasteiger partial charge is 0.489 e. The Kier molecular flexibility index (Phi) is 2.03. The van der Waals surface area contributed by atoms with Crippen molar-refractivity contribution in [3.05, 3.63) is 53.6 Å². The second-order valence-electron chi connectivity index (χ2n) is 3.89. The molecule has 0 aliphatic carbocycles. The van der Waals surface area contributed by atoms with Gasteiger partial charge in [-0.15, -0.1) is 0 Å². The van der Waals surface area contributed by atoms with E-state index in [-0.39, 0.29) is 0 Å². The van der Waals surface area contributed by atoms with Gasteiger partial charge in [0.1, 0.15) is 12.4 Å². The van der Waals surface area contributed by atoms with Crippen LogP contribution in [0.15, 0.2) is 36.8 Å². The SMILES string of the molecule is Cc1ccc2c(c1)C(c1cnc[nH]1)=CCO2. The summed E-state index contributed by atoms with van der Waals surface area (Å²) in [5.74, 6) is 0.942. The number of aromatic amines is 1. The smallest absolute Gasteiger partial charge is 0.127 e. The number of fused-ring (bicyclic) bond motifs is 1. The normalized spacial score (nSPS) is 13.9. The summed E-state index contributed by atoms with van der Waals surface area (Å²) >= 11 is 0. The summed E-state index contributed by atoms with van der Waals surface area (Å²) < 4.78 is 5.60. The van der Waals surface area contributed by atoms with Gasteiger partial charge in [0, 0.05) is 11.1 Å². The van der Waals surface area contributed by atoms with Gasteiger partial charge in [-0.05, 0) is 25.1 Å². The molecule has 0 saturated carbocycles. The summed E-state index contributed by atoms with van der Waals surface area (Å²) in [5.41, 5.74) is 4.57. The van der Waals surface area contributed by atoms with E-state index in [2.05, 4.69) is 35.1 Å². The van der Waals surface area contributed by atoms with Crippen molar-refractivity contribution in [2.24, 2.45) is 0 Å². The standard InChI is InChI=1S/C13H12N2O/c1-9-2-3-13-11(6-9)10(4-5-16-13)12-7-14-8-15-12/h2-4,6-8H,5H2,1H3,(H,14,15). The minimum Gasteiger partial charge on any atom is -0.489 e. The average molecular weight is 212 g/mol. The molecule has 3 nitrogen and oxygen atoms in total. The first-order chi connectivity index (χ1) is 7.84. The molecule has 80 valence electrons. The monoisotopic (exact) mass is 212 g/mol. The van der Waals surface area contributed by atoms with E-state index < -0.39 is 0 Å². The molecule has 1 aliphatic heterocycles. The van der Waals surface area contributed by atoms with Crippen LogP contribution in [0.1, 0.15) is 16.8 Å². The summed E-state index contributed by atoms with van der Waals surface area (Å²) in [7, 11) is 0. The Balaban J connectivity index is 2.16. The van der Waals surface area contributed by atoms with E-state index in [0.29, 0.717) is 6.61 Å². The van der Waals surface area contributed by atoms with Crippen molar-refractivity contribution in [2.75, 3.05) is 6.61 Å². The first-order valence-electron chi connectivity index (χ1n) is 5.27. The van der Waals surface area contributed by atoms with E-state index >= 15 is 0 Å². The molecule has 1 aromatic carbocycles. The molecule has 2 heterocycles. The minimum atomic E-state index is 0.615. The van der Waals surface area contributed by atoms with Crippen molar-refractivity contribution in [3.8, 4) is 5.75 Å². The first-order valence-corrected chi connectivity index (χ1v) is 5.27. The topological polar surface area (TPSA) is 37.9 Å². The van der Waals surface area contributed by atoms with Gasteiger partial charge in [-0.25, -0.2) is 4.98 Å². The zero-order valence-corrected chi connectivity index (χ0v) is 9.03. The van der Waals surface area contributed by atoms with Gasteiger partial charge in [0.05, 0.1) is 18.2 Å². The number of aryl methyl sites for hydroxylation is 1. The summed E-state index contributed by atoms with van der Waals surface area (Å²) in [4.78, 5) is 7.19. The van der Waals surface area contributed by atoms with Crippen LogP contribution in [0.3, 0.4) is 0 Å². The van der Waals surface area contributed by atoms with E-state index in [9.17, 15) is 0 Å². The van der Waals surface area contributed by atoms with Crippen LogP contribution >= 0.6 is 0 Å². The van der Waals surface area contributed by atoms with Crippen LogP contribution < -0.4 is 4.74 Å². The third-order valence-electron chi connectivity index (χ3n) is 2.74. The Labute approximate surface area is 93.8 Å². The number of nitrogens with zero attached hydrogens (tertiary/aromatic N) is 1. The average Bonchev–Trinajstić information content (AvgIpc) is 2.81. The third-order valence-corrected chi connectivity index (χ3v) is 2.74. The molecule has 1 N–H and O–H groups in total. The second-order valence-corrected chi connectivity index (χ2v) is 3.89. The molecule has 16 heavy (non-hydrogen) atoms. The second kappa shape index (κ2) is 3.52. The van der Waals surface area contributed by atoms with Crippen molar-refractivity contribution in [2.45, 2.75) is 6.92 Å². The zero-order valence-electron chi connectivity index (χ0n) is 9.03. The maximum atomic E-state index is 5.60. The first kappa shape index (κ1) is 9.21. The fourth-order valence-electron chi connectivity index (χ4n) is 1.96. The highest BCUT2D eigenvalue weighted by Gasteiger charge is 2.15. The summed E-state index contributed by atoms with van der Waals surface area (Å²) in [5, 5.41) is 0. The van der Waals surface area contributed by atoms with Crippen molar-refractivity contribution in [1.29, 1.82) is 0 Å². The number of imidazole rings is 1. The molecule has 1 aliphatic rings. The van der Waals surface area contributed by atoms with E-state index in [1.807, 2.05) is 12.3 Å². The van der Waals surface area contributed by atoms with Crippen LogP contribution in [-0.4, -0.2) is 16.6 Å².